The summed E-state index contributed by atoms with van der Waals surface area (Å²) < 4.78 is 0. The third kappa shape index (κ3) is 2.30. The number of rotatable bonds is 2. The van der Waals surface area contributed by atoms with E-state index in [-0.39, 0.29) is 0 Å². The summed E-state index contributed by atoms with van der Waals surface area (Å²) in [6.07, 6.45) is 1.66. The molecule has 4 nitrogen and oxygen atoms in total. The summed E-state index contributed by atoms with van der Waals surface area (Å²) in [6, 6.07) is 6.20. The van der Waals surface area contributed by atoms with Crippen LogP contribution in [-0.4, -0.2) is 36.5 Å². The van der Waals surface area contributed by atoms with Gasteiger partial charge >= 0.3 is 0 Å². The third-order valence-corrected chi connectivity index (χ3v) is 4.34. The molecule has 2 aliphatic rings. The number of hydrogen-bond acceptors (Lipinski definition) is 3. The van der Waals surface area contributed by atoms with Gasteiger partial charge in [-0.05, 0) is 24.1 Å². The van der Waals surface area contributed by atoms with Crippen LogP contribution in [0.4, 0.5) is 5.69 Å². The van der Waals surface area contributed by atoms with Gasteiger partial charge in [-0.1, -0.05) is 17.7 Å². The van der Waals surface area contributed by atoms with Crippen LogP contribution in [-0.2, 0) is 11.3 Å². The molecule has 3 rings (SSSR count). The molecule has 0 bridgehead atoms. The highest BCUT2D eigenvalue weighted by molar-refractivity contribution is 6.30. The van der Waals surface area contributed by atoms with Crippen molar-refractivity contribution in [1.29, 1.82) is 0 Å². The van der Waals surface area contributed by atoms with E-state index in [2.05, 4.69) is 4.90 Å². The zero-order valence-corrected chi connectivity index (χ0v) is 11.6. The van der Waals surface area contributed by atoms with Gasteiger partial charge in [-0.15, -0.1) is 0 Å². The van der Waals surface area contributed by atoms with Gasteiger partial charge in [0.1, 0.15) is 0 Å². The fraction of sp³-hybridized carbons (Fsp3) is 0.500. The Labute approximate surface area is 118 Å². The zero-order chi connectivity index (χ0) is 13.4. The Morgan fingerprint density at radius 2 is 2.21 bits per heavy atom. The van der Waals surface area contributed by atoms with Crippen molar-refractivity contribution in [2.45, 2.75) is 25.4 Å². The summed E-state index contributed by atoms with van der Waals surface area (Å²) >= 11 is 6.10. The van der Waals surface area contributed by atoms with E-state index in [1.165, 1.54) is 0 Å². The normalized spacial score (nSPS) is 22.8. The Hall–Kier alpha value is -1.26. The number of hydrogen-bond donors (Lipinski definition) is 1. The first-order valence-electron chi connectivity index (χ1n) is 6.72. The van der Waals surface area contributed by atoms with Crippen molar-refractivity contribution < 1.29 is 4.79 Å². The van der Waals surface area contributed by atoms with Gasteiger partial charge in [-0.3, -0.25) is 4.79 Å². The minimum atomic E-state index is 0.301. The van der Waals surface area contributed by atoms with Gasteiger partial charge in [-0.2, -0.15) is 0 Å². The summed E-state index contributed by atoms with van der Waals surface area (Å²) in [7, 11) is 0. The van der Waals surface area contributed by atoms with Gasteiger partial charge in [0.2, 0.25) is 5.91 Å². The molecule has 0 spiro atoms. The molecule has 0 aliphatic carbocycles. The highest BCUT2D eigenvalue weighted by Crippen LogP contribution is 2.30. The minimum absolute atomic E-state index is 0.301. The molecule has 0 aromatic heterocycles. The summed E-state index contributed by atoms with van der Waals surface area (Å²) in [5.74, 6) is 0.301. The van der Waals surface area contributed by atoms with E-state index < -0.39 is 0 Å². The highest BCUT2D eigenvalue weighted by atomic mass is 35.5. The molecule has 1 aromatic carbocycles. The molecule has 1 unspecified atom stereocenters. The maximum absolute atomic E-state index is 11.7. The topological polar surface area (TPSA) is 49.6 Å². The summed E-state index contributed by atoms with van der Waals surface area (Å²) in [5, 5.41) is 0.733. The molecule has 102 valence electrons. The lowest BCUT2D eigenvalue weighted by Crippen LogP contribution is -2.51. The van der Waals surface area contributed by atoms with Crippen LogP contribution in [0.2, 0.25) is 5.02 Å². The molecule has 1 amide bonds. The van der Waals surface area contributed by atoms with Crippen molar-refractivity contribution >= 4 is 23.2 Å². The van der Waals surface area contributed by atoms with E-state index in [0.717, 1.165) is 42.3 Å². The first-order chi connectivity index (χ1) is 9.19. The number of anilines is 1. The first-order valence-corrected chi connectivity index (χ1v) is 7.10. The Bertz CT molecular complexity index is 505. The predicted molar refractivity (Wildman–Crippen MR) is 76.3 cm³/mol. The second kappa shape index (κ2) is 5.02. The van der Waals surface area contributed by atoms with Crippen LogP contribution in [0.1, 0.15) is 18.4 Å². The van der Waals surface area contributed by atoms with Gasteiger partial charge in [0, 0.05) is 49.4 Å². The van der Waals surface area contributed by atoms with E-state index in [0.29, 0.717) is 24.9 Å². The second-order valence-electron chi connectivity index (χ2n) is 5.20. The number of nitrogens with zero attached hydrogens (tertiary/aromatic N) is 2. The molecule has 0 saturated carbocycles. The molecule has 2 saturated heterocycles. The van der Waals surface area contributed by atoms with E-state index in [4.69, 9.17) is 17.3 Å². The van der Waals surface area contributed by atoms with Crippen molar-refractivity contribution in [2.24, 2.45) is 5.73 Å². The maximum atomic E-state index is 11.7. The average Bonchev–Trinajstić information content (AvgIpc) is 2.80. The Kier molecular flexibility index (Phi) is 3.37. The maximum Gasteiger partial charge on any atom is 0.223 e. The second-order valence-corrected chi connectivity index (χ2v) is 5.64. The van der Waals surface area contributed by atoms with E-state index in [9.17, 15) is 4.79 Å². The van der Waals surface area contributed by atoms with Gasteiger partial charge < -0.3 is 15.5 Å². The Morgan fingerprint density at radius 1 is 1.37 bits per heavy atom. The fourth-order valence-electron chi connectivity index (χ4n) is 3.09. The molecule has 0 radical (unpaired) electrons. The summed E-state index contributed by atoms with van der Waals surface area (Å²) in [5.41, 5.74) is 8.03. The van der Waals surface area contributed by atoms with Crippen molar-refractivity contribution in [1.82, 2.24) is 4.90 Å². The van der Waals surface area contributed by atoms with Crippen LogP contribution < -0.4 is 10.6 Å². The minimum Gasteiger partial charge on any atom is -0.367 e. The number of carbonyl (C=O) groups is 1. The molecule has 2 fully saturated rings. The molecule has 5 heteroatoms. The van der Waals surface area contributed by atoms with Crippen LogP contribution in [0.3, 0.4) is 0 Å². The van der Waals surface area contributed by atoms with Gasteiger partial charge in [0.15, 0.2) is 0 Å². The third-order valence-electron chi connectivity index (χ3n) is 4.10. The monoisotopic (exact) mass is 279 g/mol. The van der Waals surface area contributed by atoms with Crippen LogP contribution in [0.25, 0.3) is 0 Å². The number of benzene rings is 1. The Morgan fingerprint density at radius 3 is 3.00 bits per heavy atom. The number of nitrogens with two attached hydrogens (primary N) is 1. The molecule has 1 atom stereocenters. The number of piperazine rings is 1. The smallest absolute Gasteiger partial charge is 0.223 e. The van der Waals surface area contributed by atoms with Crippen LogP contribution in [0.15, 0.2) is 18.2 Å². The van der Waals surface area contributed by atoms with Gasteiger partial charge in [0.05, 0.1) is 0 Å². The van der Waals surface area contributed by atoms with E-state index >= 15 is 0 Å². The van der Waals surface area contributed by atoms with E-state index in [1.54, 1.807) is 0 Å². The number of carbonyl (C=O) groups excluding carboxylic acids is 1. The van der Waals surface area contributed by atoms with Crippen molar-refractivity contribution in [3.05, 3.63) is 28.8 Å². The fourth-order valence-corrected chi connectivity index (χ4v) is 3.25. The lowest BCUT2D eigenvalue weighted by atomic mass is 10.1. The first kappa shape index (κ1) is 12.8. The molecule has 2 aliphatic heterocycles. The van der Waals surface area contributed by atoms with E-state index in [1.807, 2.05) is 23.1 Å². The van der Waals surface area contributed by atoms with Crippen molar-refractivity contribution in [3.63, 3.8) is 0 Å². The van der Waals surface area contributed by atoms with Gasteiger partial charge in [0.25, 0.3) is 0 Å². The van der Waals surface area contributed by atoms with Gasteiger partial charge in [-0.25, -0.2) is 0 Å². The molecule has 1 aromatic rings. The quantitative estimate of drug-likeness (QED) is 0.895. The lowest BCUT2D eigenvalue weighted by molar-refractivity contribution is -0.129. The SMILES string of the molecule is NCc1ccc(Cl)cc1N1CCN2C(=O)CCC2C1. The zero-order valence-electron chi connectivity index (χ0n) is 10.8. The highest BCUT2D eigenvalue weighted by Gasteiger charge is 2.35. The molecule has 19 heavy (non-hydrogen) atoms. The summed E-state index contributed by atoms with van der Waals surface area (Å²) in [4.78, 5) is 16.0. The lowest BCUT2D eigenvalue weighted by Gasteiger charge is -2.39. The summed E-state index contributed by atoms with van der Waals surface area (Å²) in [6.45, 7) is 3.06. The predicted octanol–water partition coefficient (Wildman–Crippen LogP) is 1.61. The van der Waals surface area contributed by atoms with Crippen molar-refractivity contribution in [3.8, 4) is 0 Å². The van der Waals surface area contributed by atoms with Crippen molar-refractivity contribution in [2.75, 3.05) is 24.5 Å². The number of halogens is 1. The van der Waals surface area contributed by atoms with Crippen LogP contribution >= 0.6 is 11.6 Å². The number of fused-ring (bicyclic) bond motifs is 1. The standard InChI is InChI=1S/C14H18ClN3O/c15-11-2-1-10(8-16)13(7-11)17-5-6-18-12(9-17)3-4-14(18)19/h1-2,7,12H,3-6,8-9,16H2. The number of amides is 1. The molecular weight excluding hydrogens is 262 g/mol. The van der Waals surface area contributed by atoms with Crippen LogP contribution in [0, 0.1) is 0 Å². The molecular formula is C14H18ClN3O. The molecule has 2 N–H and O–H groups in total. The Balaban J connectivity index is 1.84. The largest absolute Gasteiger partial charge is 0.367 e. The average molecular weight is 280 g/mol. The van der Waals surface area contributed by atoms with Crippen LogP contribution in [0.5, 0.6) is 0 Å². The molecule has 2 heterocycles.